The van der Waals surface area contributed by atoms with E-state index in [9.17, 15) is 4.79 Å². The normalized spacial score (nSPS) is 10.6. The lowest BCUT2D eigenvalue weighted by atomic mass is 10.1. The summed E-state index contributed by atoms with van der Waals surface area (Å²) in [4.78, 5) is 11.6. The molecule has 0 aliphatic rings. The Kier molecular flexibility index (Phi) is 4.19. The summed E-state index contributed by atoms with van der Waals surface area (Å²) in [5.41, 5.74) is 7.83. The van der Waals surface area contributed by atoms with Gasteiger partial charge in [0.05, 0.1) is 10.7 Å². The lowest BCUT2D eigenvalue weighted by Gasteiger charge is -2.11. The van der Waals surface area contributed by atoms with E-state index in [4.69, 9.17) is 17.3 Å². The number of nitrogens with two attached hydrogens (primary N) is 1. The van der Waals surface area contributed by atoms with Crippen LogP contribution in [0.15, 0.2) is 12.1 Å². The fourth-order valence-electron chi connectivity index (χ4n) is 1.41. The third kappa shape index (κ3) is 3.42. The first-order valence-electron chi connectivity index (χ1n) is 5.25. The minimum absolute atomic E-state index is 0.000983. The van der Waals surface area contributed by atoms with E-state index >= 15 is 0 Å². The van der Waals surface area contributed by atoms with E-state index in [0.717, 1.165) is 11.3 Å². The number of rotatable bonds is 3. The number of nitrogen functional groups attached to an aromatic ring is 1. The smallest absolute Gasteiger partial charge is 0.224 e. The summed E-state index contributed by atoms with van der Waals surface area (Å²) in [5.74, 6) is 0.337. The molecule has 0 saturated carbocycles. The Morgan fingerprint density at radius 3 is 2.69 bits per heavy atom. The summed E-state index contributed by atoms with van der Waals surface area (Å²) in [5, 5.41) is 3.29. The van der Waals surface area contributed by atoms with Gasteiger partial charge in [-0.2, -0.15) is 0 Å². The van der Waals surface area contributed by atoms with Crippen molar-refractivity contribution in [2.24, 2.45) is 5.92 Å². The van der Waals surface area contributed by atoms with Gasteiger partial charge in [-0.25, -0.2) is 0 Å². The summed E-state index contributed by atoms with van der Waals surface area (Å²) in [6.45, 7) is 5.89. The average Bonchev–Trinajstić information content (AvgIpc) is 2.12. The van der Waals surface area contributed by atoms with Crippen LogP contribution in [0.2, 0.25) is 5.02 Å². The van der Waals surface area contributed by atoms with Gasteiger partial charge in [-0.05, 0) is 30.5 Å². The molecule has 0 unspecified atom stereocenters. The number of carbonyl (C=O) groups is 1. The highest BCUT2D eigenvalue weighted by Gasteiger charge is 2.08. The molecule has 3 N–H and O–H groups in total. The van der Waals surface area contributed by atoms with Crippen molar-refractivity contribution in [2.75, 3.05) is 11.1 Å². The second kappa shape index (κ2) is 5.21. The summed E-state index contributed by atoms with van der Waals surface area (Å²) in [6.07, 6.45) is 0.501. The van der Waals surface area contributed by atoms with Gasteiger partial charge in [-0.15, -0.1) is 0 Å². The molecular formula is C12H17ClN2O. The maximum Gasteiger partial charge on any atom is 0.224 e. The predicted octanol–water partition coefficient (Wildman–Crippen LogP) is 3.22. The van der Waals surface area contributed by atoms with E-state index in [0.29, 0.717) is 23.0 Å². The molecule has 0 atom stereocenters. The Morgan fingerprint density at radius 2 is 2.12 bits per heavy atom. The molecule has 0 heterocycles. The molecule has 4 heteroatoms. The Morgan fingerprint density at radius 1 is 1.50 bits per heavy atom. The van der Waals surface area contributed by atoms with Crippen molar-refractivity contribution in [3.05, 3.63) is 22.7 Å². The molecule has 0 bridgehead atoms. The van der Waals surface area contributed by atoms with E-state index < -0.39 is 0 Å². The fourth-order valence-corrected chi connectivity index (χ4v) is 1.57. The number of anilines is 2. The van der Waals surface area contributed by atoms with Crippen LogP contribution in [0, 0.1) is 12.8 Å². The Balaban J connectivity index is 2.81. The van der Waals surface area contributed by atoms with E-state index in [-0.39, 0.29) is 5.91 Å². The van der Waals surface area contributed by atoms with Crippen LogP contribution in [0.4, 0.5) is 11.4 Å². The van der Waals surface area contributed by atoms with E-state index in [1.54, 1.807) is 12.1 Å². The molecule has 88 valence electrons. The molecule has 16 heavy (non-hydrogen) atoms. The minimum atomic E-state index is -0.000983. The Labute approximate surface area is 101 Å². The number of aryl methyl sites for hydroxylation is 1. The number of carbonyl (C=O) groups excluding carboxylic acids is 1. The first kappa shape index (κ1) is 12.8. The molecule has 1 rings (SSSR count). The SMILES string of the molecule is Cc1cc(N)c(Cl)cc1NC(=O)CC(C)C. The lowest BCUT2D eigenvalue weighted by Crippen LogP contribution is -2.14. The fraction of sp³-hybridized carbons (Fsp3) is 0.417. The molecule has 1 amide bonds. The van der Waals surface area contributed by atoms with Crippen molar-refractivity contribution in [1.82, 2.24) is 0 Å². The number of amides is 1. The monoisotopic (exact) mass is 240 g/mol. The molecule has 0 fully saturated rings. The average molecular weight is 241 g/mol. The van der Waals surface area contributed by atoms with Crippen molar-refractivity contribution in [2.45, 2.75) is 27.2 Å². The van der Waals surface area contributed by atoms with Crippen LogP contribution < -0.4 is 11.1 Å². The van der Waals surface area contributed by atoms with Crippen LogP contribution in [0.1, 0.15) is 25.8 Å². The number of hydrogen-bond donors (Lipinski definition) is 2. The molecule has 0 aliphatic carbocycles. The van der Waals surface area contributed by atoms with Gasteiger partial charge in [0, 0.05) is 12.1 Å². The van der Waals surface area contributed by atoms with Crippen LogP contribution in [0.3, 0.4) is 0 Å². The molecule has 0 saturated heterocycles. The zero-order valence-corrected chi connectivity index (χ0v) is 10.6. The van der Waals surface area contributed by atoms with Gasteiger partial charge in [-0.1, -0.05) is 25.4 Å². The summed E-state index contributed by atoms with van der Waals surface area (Å²) < 4.78 is 0. The number of halogens is 1. The molecule has 1 aromatic rings. The van der Waals surface area contributed by atoms with E-state index in [2.05, 4.69) is 5.32 Å². The molecule has 0 aromatic heterocycles. The quantitative estimate of drug-likeness (QED) is 0.797. The van der Waals surface area contributed by atoms with Gasteiger partial charge < -0.3 is 11.1 Å². The highest BCUT2D eigenvalue weighted by molar-refractivity contribution is 6.33. The maximum absolute atomic E-state index is 11.6. The van der Waals surface area contributed by atoms with Crippen LogP contribution in [0.25, 0.3) is 0 Å². The van der Waals surface area contributed by atoms with Crippen LogP contribution in [0.5, 0.6) is 0 Å². The van der Waals surface area contributed by atoms with Gasteiger partial charge >= 0.3 is 0 Å². The second-order valence-electron chi connectivity index (χ2n) is 4.33. The lowest BCUT2D eigenvalue weighted by molar-refractivity contribution is -0.116. The van der Waals surface area contributed by atoms with Gasteiger partial charge in [0.2, 0.25) is 5.91 Å². The van der Waals surface area contributed by atoms with Crippen LogP contribution in [-0.4, -0.2) is 5.91 Å². The van der Waals surface area contributed by atoms with Crippen molar-refractivity contribution >= 4 is 28.9 Å². The Hall–Kier alpha value is -1.22. The van der Waals surface area contributed by atoms with E-state index in [1.165, 1.54) is 0 Å². The molecule has 1 aromatic carbocycles. The summed E-state index contributed by atoms with van der Waals surface area (Å²) in [7, 11) is 0. The molecule has 0 aliphatic heterocycles. The number of benzene rings is 1. The largest absolute Gasteiger partial charge is 0.398 e. The van der Waals surface area contributed by atoms with Crippen molar-refractivity contribution in [1.29, 1.82) is 0 Å². The van der Waals surface area contributed by atoms with Gasteiger partial charge in [-0.3, -0.25) is 4.79 Å². The third-order valence-electron chi connectivity index (χ3n) is 2.21. The topological polar surface area (TPSA) is 55.1 Å². The predicted molar refractivity (Wildman–Crippen MR) is 68.7 cm³/mol. The molecular weight excluding hydrogens is 224 g/mol. The van der Waals surface area contributed by atoms with Gasteiger partial charge in [0.1, 0.15) is 0 Å². The molecule has 0 spiro atoms. The van der Waals surface area contributed by atoms with Gasteiger partial charge in [0.15, 0.2) is 0 Å². The maximum atomic E-state index is 11.6. The molecule has 0 radical (unpaired) electrons. The van der Waals surface area contributed by atoms with Gasteiger partial charge in [0.25, 0.3) is 0 Å². The zero-order valence-electron chi connectivity index (χ0n) is 9.80. The highest BCUT2D eigenvalue weighted by atomic mass is 35.5. The first-order valence-corrected chi connectivity index (χ1v) is 5.63. The van der Waals surface area contributed by atoms with Crippen molar-refractivity contribution in [3.63, 3.8) is 0 Å². The van der Waals surface area contributed by atoms with Crippen molar-refractivity contribution < 1.29 is 4.79 Å². The zero-order chi connectivity index (χ0) is 12.3. The first-order chi connectivity index (χ1) is 7.40. The highest BCUT2D eigenvalue weighted by Crippen LogP contribution is 2.26. The minimum Gasteiger partial charge on any atom is -0.398 e. The Bertz CT molecular complexity index is 402. The van der Waals surface area contributed by atoms with E-state index in [1.807, 2.05) is 20.8 Å². The summed E-state index contributed by atoms with van der Waals surface area (Å²) >= 11 is 5.90. The van der Waals surface area contributed by atoms with Crippen LogP contribution in [-0.2, 0) is 4.79 Å². The second-order valence-corrected chi connectivity index (χ2v) is 4.74. The number of nitrogens with one attached hydrogen (secondary N) is 1. The third-order valence-corrected chi connectivity index (χ3v) is 2.54. The molecule has 3 nitrogen and oxygen atoms in total. The van der Waals surface area contributed by atoms with Crippen LogP contribution >= 0.6 is 11.6 Å². The standard InChI is InChI=1S/C12H17ClN2O/c1-7(2)4-12(16)15-11-6-9(13)10(14)5-8(11)3/h5-7H,4,14H2,1-3H3,(H,15,16). The number of hydrogen-bond acceptors (Lipinski definition) is 2. The summed E-state index contributed by atoms with van der Waals surface area (Å²) in [6, 6.07) is 3.44. The van der Waals surface area contributed by atoms with Crippen molar-refractivity contribution in [3.8, 4) is 0 Å².